The van der Waals surface area contributed by atoms with Crippen LogP contribution >= 0.6 is 47.3 Å². The number of benzene rings is 2. The molecule has 0 amide bonds. The Morgan fingerprint density at radius 3 is 2.42 bits per heavy atom. The molecule has 0 N–H and O–H groups in total. The van der Waals surface area contributed by atoms with Gasteiger partial charge in [-0.3, -0.25) is 0 Å². The van der Waals surface area contributed by atoms with Crippen molar-refractivity contribution in [3.05, 3.63) is 59.1 Å². The molecule has 0 aromatic heterocycles. The van der Waals surface area contributed by atoms with Crippen molar-refractivity contribution in [2.45, 2.75) is 43.8 Å². The maximum Gasteiger partial charge on any atom is 0.416 e. The van der Waals surface area contributed by atoms with Crippen LogP contribution in [0.4, 0.5) is 24.5 Å². The van der Waals surface area contributed by atoms with E-state index in [-0.39, 0.29) is 29.7 Å². The summed E-state index contributed by atoms with van der Waals surface area (Å²) in [5.74, 6) is 0.561. The van der Waals surface area contributed by atoms with Crippen LogP contribution in [-0.4, -0.2) is 22.8 Å². The summed E-state index contributed by atoms with van der Waals surface area (Å²) in [6.07, 6.45) is 2.29. The van der Waals surface area contributed by atoms with Crippen LogP contribution in [0.2, 0.25) is 5.02 Å². The van der Waals surface area contributed by atoms with Crippen molar-refractivity contribution < 1.29 is 13.2 Å². The largest absolute Gasteiger partial charge is 0.416 e. The van der Waals surface area contributed by atoms with Crippen LogP contribution in [-0.2, 0) is 6.18 Å². The summed E-state index contributed by atoms with van der Waals surface area (Å²) in [4.78, 5) is 11.6. The normalized spacial score (nSPS) is 19.5. The summed E-state index contributed by atoms with van der Waals surface area (Å²) in [5.41, 5.74) is -0.106. The minimum atomic E-state index is -4.41. The molecule has 3 nitrogen and oxygen atoms in total. The summed E-state index contributed by atoms with van der Waals surface area (Å²) in [7, 11) is 0. The van der Waals surface area contributed by atoms with Crippen LogP contribution in [0, 0.1) is 0 Å². The molecule has 0 atom stereocenters. The monoisotopic (exact) mass is 579 g/mol. The molecule has 9 heteroatoms. The van der Waals surface area contributed by atoms with Gasteiger partial charge in [-0.05, 0) is 49.4 Å². The number of halogens is 5. The number of hydrogen-bond donors (Lipinski definition) is 0. The van der Waals surface area contributed by atoms with E-state index in [0.717, 1.165) is 55.1 Å². The Hall–Kier alpha value is -1.26. The summed E-state index contributed by atoms with van der Waals surface area (Å²) in [5, 5.41) is 1.38. The Bertz CT molecular complexity index is 1000. The minimum Gasteiger partial charge on any atom is -0.306 e. The number of hydrogen-bond acceptors (Lipinski definition) is 3. The third-order valence-electron chi connectivity index (χ3n) is 5.60. The molecule has 1 aliphatic heterocycles. The van der Waals surface area contributed by atoms with E-state index < -0.39 is 17.3 Å². The van der Waals surface area contributed by atoms with E-state index in [2.05, 4.69) is 9.89 Å². The Kier molecular flexibility index (Phi) is 7.63. The molecular formula is C22H22ClF3IN3S. The van der Waals surface area contributed by atoms with Crippen LogP contribution in [0.15, 0.2) is 58.5 Å². The molecule has 31 heavy (non-hydrogen) atoms. The second-order valence-electron chi connectivity index (χ2n) is 7.46. The summed E-state index contributed by atoms with van der Waals surface area (Å²) >= 11 is 8.03. The van der Waals surface area contributed by atoms with Gasteiger partial charge in [-0.2, -0.15) is 13.2 Å². The lowest BCUT2D eigenvalue weighted by Crippen LogP contribution is -2.52. The van der Waals surface area contributed by atoms with Gasteiger partial charge < -0.3 is 4.90 Å². The van der Waals surface area contributed by atoms with Crippen molar-refractivity contribution in [2.24, 2.45) is 9.98 Å². The highest BCUT2D eigenvalue weighted by Gasteiger charge is 2.50. The van der Waals surface area contributed by atoms with E-state index in [1.807, 2.05) is 30.5 Å². The lowest BCUT2D eigenvalue weighted by Gasteiger charge is -2.42. The molecule has 0 saturated heterocycles. The van der Waals surface area contributed by atoms with E-state index in [0.29, 0.717) is 10.9 Å². The van der Waals surface area contributed by atoms with Gasteiger partial charge >= 0.3 is 6.18 Å². The first-order chi connectivity index (χ1) is 14.3. The van der Waals surface area contributed by atoms with Crippen molar-refractivity contribution in [1.29, 1.82) is 0 Å². The molecule has 1 aliphatic carbocycles. The predicted octanol–water partition coefficient (Wildman–Crippen LogP) is 7.95. The number of alkyl halides is 3. The second-order valence-corrected chi connectivity index (χ2v) is 8.64. The van der Waals surface area contributed by atoms with Gasteiger partial charge in [-0.1, -0.05) is 60.8 Å². The van der Waals surface area contributed by atoms with Crippen LogP contribution in [0.5, 0.6) is 0 Å². The average molecular weight is 580 g/mol. The number of thioether (sulfide) groups is 1. The molecule has 2 aromatic carbocycles. The van der Waals surface area contributed by atoms with Gasteiger partial charge in [0.05, 0.1) is 22.0 Å². The van der Waals surface area contributed by atoms with Gasteiger partial charge in [0.1, 0.15) is 5.54 Å². The standard InChI is InChI=1S/C22H21ClF3N3S.HI/c1-30-20-28-19(27-16-9-7-8-15(14-16)22(24,25)26)21(12-5-2-6-13-21)29(20)18-11-4-3-10-17(18)23;/h3-4,7-11,14H,2,5-6,12-13H2,1H3;1H. The number of aliphatic imine (C=N–C) groups is 2. The van der Waals surface area contributed by atoms with Gasteiger partial charge in [-0.25, -0.2) is 9.98 Å². The van der Waals surface area contributed by atoms with Crippen LogP contribution in [0.3, 0.4) is 0 Å². The summed E-state index contributed by atoms with van der Waals surface area (Å²) in [6, 6.07) is 12.7. The predicted molar refractivity (Wildman–Crippen MR) is 135 cm³/mol. The quantitative estimate of drug-likeness (QED) is 0.338. The average Bonchev–Trinajstić information content (AvgIpc) is 3.01. The molecule has 1 fully saturated rings. The zero-order valence-corrected chi connectivity index (χ0v) is 20.7. The van der Waals surface area contributed by atoms with Crippen molar-refractivity contribution in [2.75, 3.05) is 11.2 Å². The topological polar surface area (TPSA) is 28.0 Å². The SMILES string of the molecule is CSC1=NC(=Nc2cccc(C(F)(F)F)c2)C2(CCCCC2)N1c1ccccc1Cl.I. The highest BCUT2D eigenvalue weighted by Crippen LogP contribution is 2.46. The molecule has 0 unspecified atom stereocenters. The zero-order valence-electron chi connectivity index (χ0n) is 16.8. The Labute approximate surface area is 206 Å². The van der Waals surface area contributed by atoms with Crippen LogP contribution in [0.1, 0.15) is 37.7 Å². The molecular weight excluding hydrogens is 558 g/mol. The maximum absolute atomic E-state index is 13.2. The number of rotatable bonds is 2. The lowest BCUT2D eigenvalue weighted by atomic mass is 9.79. The van der Waals surface area contributed by atoms with Crippen LogP contribution in [0.25, 0.3) is 0 Å². The number of nitrogens with zero attached hydrogens (tertiary/aromatic N) is 3. The number of para-hydroxylation sites is 1. The molecule has 2 aromatic rings. The summed E-state index contributed by atoms with van der Waals surface area (Å²) in [6.45, 7) is 0. The van der Waals surface area contributed by atoms with Crippen molar-refractivity contribution in [3.8, 4) is 0 Å². The molecule has 0 radical (unpaired) electrons. The van der Waals surface area contributed by atoms with Gasteiger partial charge in [0.25, 0.3) is 0 Å². The van der Waals surface area contributed by atoms with Gasteiger partial charge in [-0.15, -0.1) is 24.0 Å². The fourth-order valence-corrected chi connectivity index (χ4v) is 5.07. The summed E-state index contributed by atoms with van der Waals surface area (Å²) < 4.78 is 39.5. The molecule has 1 saturated carbocycles. The Balaban J connectivity index is 0.00000272. The van der Waals surface area contributed by atoms with Crippen LogP contribution < -0.4 is 4.90 Å². The van der Waals surface area contributed by atoms with E-state index in [4.69, 9.17) is 16.6 Å². The molecule has 166 valence electrons. The third kappa shape index (κ3) is 4.75. The van der Waals surface area contributed by atoms with Crippen molar-refractivity contribution in [1.82, 2.24) is 0 Å². The van der Waals surface area contributed by atoms with E-state index in [1.54, 1.807) is 6.07 Å². The highest BCUT2D eigenvalue weighted by molar-refractivity contribution is 14.0. The minimum absolute atomic E-state index is 0. The van der Waals surface area contributed by atoms with Crippen molar-refractivity contribution >= 4 is 69.7 Å². The molecule has 4 rings (SSSR count). The van der Waals surface area contributed by atoms with Gasteiger partial charge in [0.2, 0.25) is 0 Å². The number of amidine groups is 2. The Morgan fingerprint density at radius 1 is 1.06 bits per heavy atom. The third-order valence-corrected chi connectivity index (χ3v) is 6.56. The highest BCUT2D eigenvalue weighted by atomic mass is 127. The van der Waals surface area contributed by atoms with E-state index in [9.17, 15) is 13.2 Å². The van der Waals surface area contributed by atoms with Crippen molar-refractivity contribution in [3.63, 3.8) is 0 Å². The molecule has 1 spiro atoms. The van der Waals surface area contributed by atoms with E-state index in [1.165, 1.54) is 17.8 Å². The van der Waals surface area contributed by atoms with Gasteiger partial charge in [0, 0.05) is 0 Å². The first-order valence-corrected chi connectivity index (χ1v) is 11.4. The lowest BCUT2D eigenvalue weighted by molar-refractivity contribution is -0.137. The molecule has 2 aliphatic rings. The zero-order chi connectivity index (χ0) is 21.4. The maximum atomic E-state index is 13.2. The fraction of sp³-hybridized carbons (Fsp3) is 0.364. The molecule has 1 heterocycles. The second kappa shape index (κ2) is 9.70. The smallest absolute Gasteiger partial charge is 0.306 e. The fourth-order valence-electron chi connectivity index (χ4n) is 4.22. The van der Waals surface area contributed by atoms with Gasteiger partial charge in [0.15, 0.2) is 11.0 Å². The van der Waals surface area contributed by atoms with E-state index >= 15 is 0 Å². The first-order valence-electron chi connectivity index (χ1n) is 9.79. The number of anilines is 1. The molecule has 0 bridgehead atoms. The first kappa shape index (κ1) is 24.4. The Morgan fingerprint density at radius 2 is 1.77 bits per heavy atom.